The van der Waals surface area contributed by atoms with Crippen LogP contribution in [0.5, 0.6) is 5.75 Å². The minimum absolute atomic E-state index is 0.145. The molecule has 0 bridgehead atoms. The van der Waals surface area contributed by atoms with Gasteiger partial charge in [-0.05, 0) is 59.1 Å². The molecule has 2 aromatic carbocycles. The van der Waals surface area contributed by atoms with E-state index in [1.807, 2.05) is 19.1 Å². The Morgan fingerprint density at radius 2 is 1.73 bits per heavy atom. The Morgan fingerprint density at radius 1 is 1.09 bits per heavy atom. The third-order valence-corrected chi connectivity index (χ3v) is 6.85. The van der Waals surface area contributed by atoms with E-state index in [4.69, 9.17) is 4.74 Å². The molecule has 1 atom stereocenters. The van der Waals surface area contributed by atoms with Crippen LogP contribution >= 0.6 is 15.9 Å². The maximum absolute atomic E-state index is 13.5. The van der Waals surface area contributed by atoms with Gasteiger partial charge in [0, 0.05) is 17.6 Å². The SMILES string of the molecule is CCNC(=O)[C@H](CC)N(Cc1ccc(OC)cc1)C(=O)CN(c1ccccc1Br)S(C)(=O)=O. The zero-order chi connectivity index (χ0) is 24.6. The molecule has 0 radical (unpaired) electrons. The summed E-state index contributed by atoms with van der Waals surface area (Å²) in [5.41, 5.74) is 1.14. The van der Waals surface area contributed by atoms with Gasteiger partial charge in [-0.15, -0.1) is 0 Å². The van der Waals surface area contributed by atoms with E-state index in [0.717, 1.165) is 16.1 Å². The smallest absolute Gasteiger partial charge is 0.244 e. The Labute approximate surface area is 204 Å². The van der Waals surface area contributed by atoms with Crippen LogP contribution in [0.15, 0.2) is 53.0 Å². The number of carbonyl (C=O) groups excluding carboxylic acids is 2. The highest BCUT2D eigenvalue weighted by molar-refractivity contribution is 9.10. The molecular formula is C23H30BrN3O5S. The Balaban J connectivity index is 2.43. The molecule has 8 nitrogen and oxygen atoms in total. The van der Waals surface area contributed by atoms with Gasteiger partial charge in [-0.3, -0.25) is 13.9 Å². The Morgan fingerprint density at radius 3 is 2.24 bits per heavy atom. The molecule has 0 aliphatic carbocycles. The second-order valence-corrected chi connectivity index (χ2v) is 10.2. The van der Waals surface area contributed by atoms with Crippen molar-refractivity contribution in [2.45, 2.75) is 32.9 Å². The summed E-state index contributed by atoms with van der Waals surface area (Å²) in [6.45, 7) is 3.75. The van der Waals surface area contributed by atoms with Gasteiger partial charge in [0.05, 0.1) is 19.1 Å². The molecule has 0 spiro atoms. The zero-order valence-electron chi connectivity index (χ0n) is 19.2. The van der Waals surface area contributed by atoms with Gasteiger partial charge in [0.1, 0.15) is 18.3 Å². The first kappa shape index (κ1) is 26.7. The molecule has 2 aromatic rings. The third-order valence-electron chi connectivity index (χ3n) is 5.05. The number of hydrogen-bond donors (Lipinski definition) is 1. The summed E-state index contributed by atoms with van der Waals surface area (Å²) in [7, 11) is -2.21. The quantitative estimate of drug-likeness (QED) is 0.473. The number of carbonyl (C=O) groups is 2. The van der Waals surface area contributed by atoms with Crippen LogP contribution in [-0.2, 0) is 26.2 Å². The van der Waals surface area contributed by atoms with Gasteiger partial charge in [0.15, 0.2) is 0 Å². The maximum Gasteiger partial charge on any atom is 0.244 e. The van der Waals surface area contributed by atoms with E-state index in [-0.39, 0.29) is 12.5 Å². The van der Waals surface area contributed by atoms with Gasteiger partial charge in [0.25, 0.3) is 0 Å². The molecule has 0 aromatic heterocycles. The summed E-state index contributed by atoms with van der Waals surface area (Å²) < 4.78 is 32.0. The van der Waals surface area contributed by atoms with Crippen LogP contribution in [0.4, 0.5) is 5.69 Å². The maximum atomic E-state index is 13.5. The fraction of sp³-hybridized carbons (Fsp3) is 0.391. The topological polar surface area (TPSA) is 96.0 Å². The van der Waals surface area contributed by atoms with Crippen molar-refractivity contribution >= 4 is 43.5 Å². The van der Waals surface area contributed by atoms with Gasteiger partial charge >= 0.3 is 0 Å². The summed E-state index contributed by atoms with van der Waals surface area (Å²) in [5, 5.41) is 2.77. The number of likely N-dealkylation sites (N-methyl/N-ethyl adjacent to an activating group) is 1. The molecule has 0 fully saturated rings. The average Bonchev–Trinajstić information content (AvgIpc) is 2.77. The van der Waals surface area contributed by atoms with E-state index < -0.39 is 28.5 Å². The molecule has 0 saturated heterocycles. The van der Waals surface area contributed by atoms with Gasteiger partial charge in [0.2, 0.25) is 21.8 Å². The normalized spacial score (nSPS) is 12.0. The van der Waals surface area contributed by atoms with Crippen molar-refractivity contribution in [1.29, 1.82) is 0 Å². The van der Waals surface area contributed by atoms with Crippen LogP contribution in [0.2, 0.25) is 0 Å². The van der Waals surface area contributed by atoms with Crippen LogP contribution in [0.25, 0.3) is 0 Å². The van der Waals surface area contributed by atoms with Gasteiger partial charge in [-0.1, -0.05) is 31.2 Å². The third kappa shape index (κ3) is 7.20. The van der Waals surface area contributed by atoms with Gasteiger partial charge in [-0.25, -0.2) is 8.42 Å². The molecule has 33 heavy (non-hydrogen) atoms. The van der Waals surface area contributed by atoms with E-state index in [0.29, 0.717) is 28.9 Å². The van der Waals surface area contributed by atoms with Crippen molar-refractivity contribution in [3.05, 3.63) is 58.6 Å². The van der Waals surface area contributed by atoms with Crippen molar-refractivity contribution in [3.8, 4) is 5.75 Å². The molecule has 0 aliphatic rings. The van der Waals surface area contributed by atoms with Gasteiger partial charge in [-0.2, -0.15) is 0 Å². The van der Waals surface area contributed by atoms with Crippen LogP contribution < -0.4 is 14.4 Å². The van der Waals surface area contributed by atoms with Crippen molar-refractivity contribution in [2.75, 3.05) is 30.8 Å². The minimum Gasteiger partial charge on any atom is -0.497 e. The van der Waals surface area contributed by atoms with E-state index in [9.17, 15) is 18.0 Å². The number of rotatable bonds is 11. The predicted molar refractivity (Wildman–Crippen MR) is 133 cm³/mol. The van der Waals surface area contributed by atoms with Crippen LogP contribution in [0.3, 0.4) is 0 Å². The number of methoxy groups -OCH3 is 1. The van der Waals surface area contributed by atoms with Crippen LogP contribution in [0, 0.1) is 0 Å². The van der Waals surface area contributed by atoms with E-state index in [2.05, 4.69) is 21.2 Å². The number of anilines is 1. The predicted octanol–water partition coefficient (Wildman–Crippen LogP) is 3.17. The Hall–Kier alpha value is -2.59. The summed E-state index contributed by atoms with van der Waals surface area (Å²) in [6, 6.07) is 13.2. The molecule has 10 heteroatoms. The number of halogens is 1. The first-order valence-electron chi connectivity index (χ1n) is 10.5. The van der Waals surface area contributed by atoms with Crippen molar-refractivity contribution in [1.82, 2.24) is 10.2 Å². The number of amides is 2. The lowest BCUT2D eigenvalue weighted by molar-refractivity contribution is -0.140. The minimum atomic E-state index is -3.78. The lowest BCUT2D eigenvalue weighted by atomic mass is 10.1. The molecule has 180 valence electrons. The van der Waals surface area contributed by atoms with Crippen molar-refractivity contribution in [3.63, 3.8) is 0 Å². The highest BCUT2D eigenvalue weighted by Crippen LogP contribution is 2.28. The standard InChI is InChI=1S/C23H30BrN3O5S/c1-5-20(23(29)25-6-2)26(15-17-11-13-18(32-3)14-12-17)22(28)16-27(33(4,30)31)21-10-8-7-9-19(21)24/h7-14,20H,5-6,15-16H2,1-4H3,(H,25,29)/t20-/m0/s1. The van der Waals surface area contributed by atoms with Crippen molar-refractivity contribution < 1.29 is 22.7 Å². The highest BCUT2D eigenvalue weighted by atomic mass is 79.9. The molecular weight excluding hydrogens is 510 g/mol. The number of ether oxygens (including phenoxy) is 1. The summed E-state index contributed by atoms with van der Waals surface area (Å²) >= 11 is 3.36. The van der Waals surface area contributed by atoms with Crippen LogP contribution in [-0.4, -0.2) is 57.6 Å². The summed E-state index contributed by atoms with van der Waals surface area (Å²) in [5.74, 6) is -0.0941. The van der Waals surface area contributed by atoms with Crippen LogP contribution in [0.1, 0.15) is 25.8 Å². The fourth-order valence-corrected chi connectivity index (χ4v) is 4.87. The first-order valence-corrected chi connectivity index (χ1v) is 13.2. The molecule has 1 N–H and O–H groups in total. The molecule has 0 unspecified atom stereocenters. The second kappa shape index (κ2) is 12.0. The Kier molecular flexibility index (Phi) is 9.72. The molecule has 2 rings (SSSR count). The lowest BCUT2D eigenvalue weighted by Gasteiger charge is -2.33. The number of para-hydroxylation sites is 1. The Bertz CT molecular complexity index is 1060. The van der Waals surface area contributed by atoms with E-state index in [1.165, 1.54) is 4.90 Å². The summed E-state index contributed by atoms with van der Waals surface area (Å²) in [4.78, 5) is 27.7. The van der Waals surface area contributed by atoms with E-state index >= 15 is 0 Å². The molecule has 0 saturated carbocycles. The number of sulfonamides is 1. The fourth-order valence-electron chi connectivity index (χ4n) is 3.39. The summed E-state index contributed by atoms with van der Waals surface area (Å²) in [6.07, 6.45) is 1.43. The van der Waals surface area contributed by atoms with E-state index in [1.54, 1.807) is 50.4 Å². The largest absolute Gasteiger partial charge is 0.497 e. The number of hydrogen-bond acceptors (Lipinski definition) is 5. The number of nitrogens with zero attached hydrogens (tertiary/aromatic N) is 2. The lowest BCUT2D eigenvalue weighted by Crippen LogP contribution is -2.52. The van der Waals surface area contributed by atoms with Gasteiger partial charge < -0.3 is 15.0 Å². The molecule has 0 aliphatic heterocycles. The first-order chi connectivity index (χ1) is 15.6. The number of benzene rings is 2. The molecule has 2 amide bonds. The zero-order valence-corrected chi connectivity index (χ0v) is 21.6. The van der Waals surface area contributed by atoms with Crippen molar-refractivity contribution in [2.24, 2.45) is 0 Å². The monoisotopic (exact) mass is 539 g/mol. The average molecular weight is 540 g/mol. The number of nitrogens with one attached hydrogen (secondary N) is 1. The second-order valence-electron chi connectivity index (χ2n) is 7.41. The highest BCUT2D eigenvalue weighted by Gasteiger charge is 2.32. The molecule has 0 heterocycles.